The first kappa shape index (κ1) is 14.3. The molecule has 1 aromatic heterocycles. The molecule has 0 saturated carbocycles. The van der Waals surface area contributed by atoms with Gasteiger partial charge in [-0.15, -0.1) is 17.9 Å². The third-order valence-corrected chi connectivity index (χ3v) is 3.45. The highest BCUT2D eigenvalue weighted by molar-refractivity contribution is 7.13. The minimum Gasteiger partial charge on any atom is -0.494 e. The van der Waals surface area contributed by atoms with Crippen molar-refractivity contribution in [1.29, 1.82) is 0 Å². The van der Waals surface area contributed by atoms with Gasteiger partial charge in [0.25, 0.3) is 5.91 Å². The fourth-order valence-electron chi connectivity index (χ4n) is 1.63. The maximum atomic E-state index is 11.8. The molecule has 20 heavy (non-hydrogen) atoms. The normalized spacial score (nSPS) is 10.1. The Balaban J connectivity index is 2.11. The predicted molar refractivity (Wildman–Crippen MR) is 81.2 cm³/mol. The Kier molecular flexibility index (Phi) is 4.90. The SMILES string of the molecule is C=CCNC(=O)c1csc(-c2ccc(OCC)cc2)n1. The van der Waals surface area contributed by atoms with Crippen LogP contribution in [0.1, 0.15) is 17.4 Å². The van der Waals surface area contributed by atoms with Gasteiger partial charge in [0.15, 0.2) is 0 Å². The molecule has 2 rings (SSSR count). The molecule has 1 amide bonds. The van der Waals surface area contributed by atoms with Crippen LogP contribution in [-0.2, 0) is 0 Å². The van der Waals surface area contributed by atoms with Crippen molar-refractivity contribution in [3.05, 3.63) is 48.0 Å². The lowest BCUT2D eigenvalue weighted by atomic mass is 10.2. The molecule has 1 N–H and O–H groups in total. The van der Waals surface area contributed by atoms with Gasteiger partial charge in [0, 0.05) is 17.5 Å². The first-order valence-corrected chi connectivity index (χ1v) is 7.20. The molecule has 0 bridgehead atoms. The number of rotatable bonds is 6. The van der Waals surface area contributed by atoms with E-state index in [1.165, 1.54) is 11.3 Å². The van der Waals surface area contributed by atoms with Crippen molar-refractivity contribution in [3.63, 3.8) is 0 Å². The fourth-order valence-corrected chi connectivity index (χ4v) is 2.43. The van der Waals surface area contributed by atoms with Crippen LogP contribution < -0.4 is 10.1 Å². The van der Waals surface area contributed by atoms with Gasteiger partial charge >= 0.3 is 0 Å². The smallest absolute Gasteiger partial charge is 0.271 e. The number of hydrogen-bond acceptors (Lipinski definition) is 4. The number of thiazole rings is 1. The van der Waals surface area contributed by atoms with Crippen LogP contribution in [0.4, 0.5) is 0 Å². The van der Waals surface area contributed by atoms with Crippen molar-refractivity contribution >= 4 is 17.2 Å². The first-order chi connectivity index (χ1) is 9.74. The van der Waals surface area contributed by atoms with Gasteiger partial charge in [-0.2, -0.15) is 0 Å². The van der Waals surface area contributed by atoms with Crippen LogP contribution in [0.15, 0.2) is 42.3 Å². The molecular weight excluding hydrogens is 272 g/mol. The molecule has 0 spiro atoms. The molecule has 0 aliphatic carbocycles. The fraction of sp³-hybridized carbons (Fsp3) is 0.200. The summed E-state index contributed by atoms with van der Waals surface area (Å²) in [6.07, 6.45) is 1.64. The highest BCUT2D eigenvalue weighted by Gasteiger charge is 2.10. The molecule has 0 fully saturated rings. The number of hydrogen-bond donors (Lipinski definition) is 1. The Labute approximate surface area is 122 Å². The molecule has 104 valence electrons. The molecule has 5 heteroatoms. The Hall–Kier alpha value is -2.14. The highest BCUT2D eigenvalue weighted by atomic mass is 32.1. The van der Waals surface area contributed by atoms with Crippen LogP contribution in [-0.4, -0.2) is 24.0 Å². The van der Waals surface area contributed by atoms with E-state index in [1.807, 2.05) is 31.2 Å². The van der Waals surface area contributed by atoms with Crippen molar-refractivity contribution < 1.29 is 9.53 Å². The maximum absolute atomic E-state index is 11.8. The number of aromatic nitrogens is 1. The van der Waals surface area contributed by atoms with Crippen LogP contribution >= 0.6 is 11.3 Å². The Morgan fingerprint density at radius 3 is 2.85 bits per heavy atom. The van der Waals surface area contributed by atoms with Crippen molar-refractivity contribution in [2.45, 2.75) is 6.92 Å². The zero-order valence-corrected chi connectivity index (χ0v) is 12.1. The lowest BCUT2D eigenvalue weighted by Crippen LogP contribution is -2.23. The topological polar surface area (TPSA) is 51.2 Å². The van der Waals surface area contributed by atoms with E-state index in [0.717, 1.165) is 16.3 Å². The summed E-state index contributed by atoms with van der Waals surface area (Å²) in [5.74, 6) is 0.648. The van der Waals surface area contributed by atoms with Gasteiger partial charge in [0.2, 0.25) is 0 Å². The summed E-state index contributed by atoms with van der Waals surface area (Å²) >= 11 is 1.45. The van der Waals surface area contributed by atoms with Crippen LogP contribution in [0.3, 0.4) is 0 Å². The minimum atomic E-state index is -0.182. The Morgan fingerprint density at radius 1 is 1.45 bits per heavy atom. The van der Waals surface area contributed by atoms with Gasteiger partial charge in [0.1, 0.15) is 16.5 Å². The predicted octanol–water partition coefficient (Wildman–Crippen LogP) is 3.12. The minimum absolute atomic E-state index is 0.182. The molecule has 2 aromatic rings. The average molecular weight is 288 g/mol. The number of nitrogens with one attached hydrogen (secondary N) is 1. The molecule has 0 atom stereocenters. The molecule has 0 aliphatic heterocycles. The Morgan fingerprint density at radius 2 is 2.20 bits per heavy atom. The zero-order chi connectivity index (χ0) is 14.4. The molecule has 4 nitrogen and oxygen atoms in total. The number of nitrogens with zero attached hydrogens (tertiary/aromatic N) is 1. The number of carbonyl (C=O) groups is 1. The van der Waals surface area contributed by atoms with E-state index in [9.17, 15) is 4.79 Å². The molecular formula is C15H16N2O2S. The van der Waals surface area contributed by atoms with E-state index in [1.54, 1.807) is 11.5 Å². The third kappa shape index (κ3) is 3.45. The van der Waals surface area contributed by atoms with Gasteiger partial charge in [-0.25, -0.2) is 4.98 Å². The molecule has 0 radical (unpaired) electrons. The molecule has 0 saturated heterocycles. The van der Waals surface area contributed by atoms with Crippen LogP contribution in [0, 0.1) is 0 Å². The van der Waals surface area contributed by atoms with E-state index >= 15 is 0 Å². The second-order valence-corrected chi connectivity index (χ2v) is 4.85. The van der Waals surface area contributed by atoms with Crippen LogP contribution in [0.5, 0.6) is 5.75 Å². The zero-order valence-electron chi connectivity index (χ0n) is 11.3. The number of carbonyl (C=O) groups excluding carboxylic acids is 1. The molecule has 1 heterocycles. The second kappa shape index (κ2) is 6.86. The first-order valence-electron chi connectivity index (χ1n) is 6.32. The third-order valence-electron chi connectivity index (χ3n) is 2.56. The monoisotopic (exact) mass is 288 g/mol. The highest BCUT2D eigenvalue weighted by Crippen LogP contribution is 2.25. The van der Waals surface area contributed by atoms with Crippen molar-refractivity contribution in [1.82, 2.24) is 10.3 Å². The Bertz CT molecular complexity index is 590. The summed E-state index contributed by atoms with van der Waals surface area (Å²) in [6.45, 7) is 6.59. The lowest BCUT2D eigenvalue weighted by molar-refractivity contribution is 0.0954. The average Bonchev–Trinajstić information content (AvgIpc) is 2.96. The van der Waals surface area contributed by atoms with Crippen LogP contribution in [0.25, 0.3) is 10.6 Å². The van der Waals surface area contributed by atoms with Gasteiger partial charge in [-0.3, -0.25) is 4.79 Å². The summed E-state index contributed by atoms with van der Waals surface area (Å²) in [7, 11) is 0. The summed E-state index contributed by atoms with van der Waals surface area (Å²) in [5, 5.41) is 5.28. The summed E-state index contributed by atoms with van der Waals surface area (Å²) < 4.78 is 5.39. The van der Waals surface area contributed by atoms with Gasteiger partial charge in [-0.1, -0.05) is 6.08 Å². The molecule has 0 aliphatic rings. The number of amides is 1. The van der Waals surface area contributed by atoms with Gasteiger partial charge < -0.3 is 10.1 Å². The largest absolute Gasteiger partial charge is 0.494 e. The lowest BCUT2D eigenvalue weighted by Gasteiger charge is -2.03. The van der Waals surface area contributed by atoms with E-state index in [2.05, 4.69) is 16.9 Å². The number of ether oxygens (including phenoxy) is 1. The van der Waals surface area contributed by atoms with Crippen molar-refractivity contribution in [2.75, 3.05) is 13.2 Å². The van der Waals surface area contributed by atoms with E-state index in [4.69, 9.17) is 4.74 Å². The summed E-state index contributed by atoms with van der Waals surface area (Å²) in [5.41, 5.74) is 1.40. The van der Waals surface area contributed by atoms with Crippen LogP contribution in [0.2, 0.25) is 0 Å². The molecule has 1 aromatic carbocycles. The van der Waals surface area contributed by atoms with Crippen molar-refractivity contribution in [2.24, 2.45) is 0 Å². The summed E-state index contributed by atoms with van der Waals surface area (Å²) in [6, 6.07) is 7.68. The van der Waals surface area contributed by atoms with Gasteiger partial charge in [-0.05, 0) is 31.2 Å². The van der Waals surface area contributed by atoms with E-state index in [0.29, 0.717) is 18.8 Å². The van der Waals surface area contributed by atoms with Crippen molar-refractivity contribution in [3.8, 4) is 16.3 Å². The van der Waals surface area contributed by atoms with E-state index < -0.39 is 0 Å². The number of benzene rings is 1. The van der Waals surface area contributed by atoms with E-state index in [-0.39, 0.29) is 5.91 Å². The maximum Gasteiger partial charge on any atom is 0.271 e. The summed E-state index contributed by atoms with van der Waals surface area (Å²) in [4.78, 5) is 16.1. The second-order valence-electron chi connectivity index (χ2n) is 3.99. The molecule has 0 unspecified atom stereocenters. The standard InChI is InChI=1S/C15H16N2O2S/c1-3-9-16-14(18)13-10-20-15(17-13)11-5-7-12(8-6-11)19-4-2/h3,5-8,10H,1,4,9H2,2H3,(H,16,18). The quantitative estimate of drug-likeness (QED) is 0.831. The van der Waals surface area contributed by atoms with Gasteiger partial charge in [0.05, 0.1) is 6.61 Å².